The van der Waals surface area contributed by atoms with Crippen LogP contribution in [-0.4, -0.2) is 37.8 Å². The first kappa shape index (κ1) is 22.5. The van der Waals surface area contributed by atoms with Crippen LogP contribution in [0.15, 0.2) is 24.3 Å². The molecule has 0 fully saturated rings. The van der Waals surface area contributed by atoms with Crippen molar-refractivity contribution in [1.29, 1.82) is 0 Å². The molecular formula is C19H18Cl2F2N4O2S. The summed E-state index contributed by atoms with van der Waals surface area (Å²) in [5.74, 6) is -1.17. The summed E-state index contributed by atoms with van der Waals surface area (Å²) in [4.78, 5) is 16.0. The van der Waals surface area contributed by atoms with Crippen LogP contribution in [0.4, 0.5) is 18.7 Å². The van der Waals surface area contributed by atoms with Gasteiger partial charge in [0.2, 0.25) is 0 Å². The van der Waals surface area contributed by atoms with Crippen LogP contribution in [-0.2, 0) is 6.42 Å². The molecule has 1 aromatic heterocycles. The largest absolute Gasteiger partial charge is 0.490 e. The number of benzene rings is 2. The minimum Gasteiger partial charge on any atom is -0.490 e. The average Bonchev–Trinajstić information content (AvgIpc) is 3.08. The minimum atomic E-state index is -0.603. The van der Waals surface area contributed by atoms with E-state index in [1.165, 1.54) is 35.6 Å². The van der Waals surface area contributed by atoms with Crippen molar-refractivity contribution in [2.24, 2.45) is 0 Å². The second-order valence-corrected chi connectivity index (χ2v) is 7.99. The summed E-state index contributed by atoms with van der Waals surface area (Å²) in [5, 5.41) is 8.76. The number of carbonyl (C=O) groups is 1. The number of carbonyl (C=O) groups excluding carboxylic acids is 1. The lowest BCUT2D eigenvalue weighted by Gasteiger charge is -2.10. The number of nitrogens with one attached hydrogen (secondary N) is 3. The number of thiazole rings is 1. The molecule has 0 aliphatic carbocycles. The van der Waals surface area contributed by atoms with E-state index in [0.717, 1.165) is 0 Å². The molecule has 0 saturated carbocycles. The van der Waals surface area contributed by atoms with Crippen molar-refractivity contribution in [1.82, 2.24) is 15.6 Å². The van der Waals surface area contributed by atoms with Crippen molar-refractivity contribution >= 4 is 55.9 Å². The number of likely N-dealkylation sites (N-methyl/N-ethyl adjacent to an activating group) is 1. The molecule has 160 valence electrons. The third kappa shape index (κ3) is 5.48. The number of hydrogen-bond acceptors (Lipinski definition) is 5. The fraction of sp³-hybridized carbons (Fsp3) is 0.263. The molecule has 6 nitrogen and oxygen atoms in total. The maximum Gasteiger partial charge on any atom is 0.321 e. The zero-order valence-corrected chi connectivity index (χ0v) is 18.1. The van der Waals surface area contributed by atoms with Gasteiger partial charge in [0.15, 0.2) is 16.7 Å². The minimum absolute atomic E-state index is 0.0137. The molecule has 0 radical (unpaired) electrons. The maximum absolute atomic E-state index is 14.4. The van der Waals surface area contributed by atoms with E-state index in [9.17, 15) is 13.6 Å². The predicted molar refractivity (Wildman–Crippen MR) is 116 cm³/mol. The van der Waals surface area contributed by atoms with E-state index in [2.05, 4.69) is 20.9 Å². The van der Waals surface area contributed by atoms with Gasteiger partial charge in [0.25, 0.3) is 0 Å². The summed E-state index contributed by atoms with van der Waals surface area (Å²) in [7, 11) is 1.78. The monoisotopic (exact) mass is 474 g/mol. The van der Waals surface area contributed by atoms with E-state index in [4.69, 9.17) is 27.9 Å². The second kappa shape index (κ2) is 10.2. The smallest absolute Gasteiger partial charge is 0.321 e. The quantitative estimate of drug-likeness (QED) is 0.322. The number of nitrogens with zero attached hydrogens (tertiary/aromatic N) is 1. The number of urea groups is 1. The molecule has 0 aliphatic rings. The van der Waals surface area contributed by atoms with Gasteiger partial charge in [-0.2, -0.15) is 0 Å². The molecule has 0 atom stereocenters. The Balaban J connectivity index is 1.66. The molecule has 3 N–H and O–H groups in total. The predicted octanol–water partition coefficient (Wildman–Crippen LogP) is 4.84. The standard InChI is InChI=1S/C19H18Cl2F2N4O2S/c1-24-5-6-25-18(28)27-19-26-14-8-13(23)15(9-16(14)30-19)29-7-4-10-11(20)2-3-12(22)17(10)21/h2-3,8-9,24H,4-7H2,1H3,(H2,25,26,27,28). The first-order valence-electron chi connectivity index (χ1n) is 8.93. The summed E-state index contributed by atoms with van der Waals surface area (Å²) in [6, 6.07) is 4.92. The van der Waals surface area contributed by atoms with Crippen LogP contribution >= 0.6 is 34.5 Å². The fourth-order valence-electron chi connectivity index (χ4n) is 2.60. The highest BCUT2D eigenvalue weighted by Gasteiger charge is 2.14. The van der Waals surface area contributed by atoms with E-state index < -0.39 is 17.7 Å². The summed E-state index contributed by atoms with van der Waals surface area (Å²) in [6.45, 7) is 1.13. The van der Waals surface area contributed by atoms with Gasteiger partial charge >= 0.3 is 6.03 Å². The van der Waals surface area contributed by atoms with Gasteiger partial charge in [0, 0.05) is 36.7 Å². The lowest BCUT2D eigenvalue weighted by molar-refractivity contribution is 0.252. The van der Waals surface area contributed by atoms with Gasteiger partial charge in [-0.3, -0.25) is 5.32 Å². The zero-order chi connectivity index (χ0) is 21.7. The normalized spacial score (nSPS) is 11.0. The highest BCUT2D eigenvalue weighted by molar-refractivity contribution is 7.22. The summed E-state index contributed by atoms with van der Waals surface area (Å²) in [5.41, 5.74) is 0.792. The number of halogens is 4. The molecule has 0 bridgehead atoms. The van der Waals surface area contributed by atoms with Gasteiger partial charge in [-0.15, -0.1) is 0 Å². The van der Waals surface area contributed by atoms with Gasteiger partial charge in [-0.1, -0.05) is 34.5 Å². The molecule has 1 heterocycles. The van der Waals surface area contributed by atoms with E-state index in [1.54, 1.807) is 7.05 Å². The molecule has 0 unspecified atom stereocenters. The van der Waals surface area contributed by atoms with Crippen molar-refractivity contribution in [3.63, 3.8) is 0 Å². The number of aromatic nitrogens is 1. The maximum atomic E-state index is 14.4. The lowest BCUT2D eigenvalue weighted by Crippen LogP contribution is -2.33. The Morgan fingerprint density at radius 2 is 2.00 bits per heavy atom. The molecule has 11 heteroatoms. The van der Waals surface area contributed by atoms with E-state index in [1.807, 2.05) is 0 Å². The number of amides is 2. The van der Waals surface area contributed by atoms with Crippen molar-refractivity contribution in [3.05, 3.63) is 51.5 Å². The van der Waals surface area contributed by atoms with Crippen molar-refractivity contribution < 1.29 is 18.3 Å². The molecule has 30 heavy (non-hydrogen) atoms. The Kier molecular flexibility index (Phi) is 7.65. The number of anilines is 1. The molecule has 3 aromatic rings. The van der Waals surface area contributed by atoms with Crippen molar-refractivity contribution in [2.45, 2.75) is 6.42 Å². The van der Waals surface area contributed by atoms with Crippen molar-refractivity contribution in [3.8, 4) is 5.75 Å². The second-order valence-electron chi connectivity index (χ2n) is 6.17. The molecular weight excluding hydrogens is 457 g/mol. The van der Waals surface area contributed by atoms with Crippen LogP contribution in [0.2, 0.25) is 10.0 Å². The highest BCUT2D eigenvalue weighted by Crippen LogP contribution is 2.32. The zero-order valence-electron chi connectivity index (χ0n) is 15.8. The first-order chi connectivity index (χ1) is 14.4. The van der Waals surface area contributed by atoms with Gasteiger partial charge in [0.1, 0.15) is 5.82 Å². The Morgan fingerprint density at radius 1 is 1.20 bits per heavy atom. The SMILES string of the molecule is CNCCNC(=O)Nc1nc2cc(F)c(OCCc3c(Cl)ccc(F)c3Cl)cc2s1. The summed E-state index contributed by atoms with van der Waals surface area (Å²) in [6.07, 6.45) is 0.204. The summed E-state index contributed by atoms with van der Waals surface area (Å²) < 4.78 is 34.1. The van der Waals surface area contributed by atoms with Crippen LogP contribution in [0, 0.1) is 11.6 Å². The van der Waals surface area contributed by atoms with Crippen LogP contribution in [0.1, 0.15) is 5.56 Å². The molecule has 3 rings (SSSR count). The van der Waals surface area contributed by atoms with Gasteiger partial charge in [-0.25, -0.2) is 18.6 Å². The van der Waals surface area contributed by atoms with Crippen LogP contribution in [0.3, 0.4) is 0 Å². The third-order valence-corrected chi connectivity index (χ3v) is 5.77. The highest BCUT2D eigenvalue weighted by atomic mass is 35.5. The molecule has 2 amide bonds. The Labute approximate surface area is 185 Å². The number of fused-ring (bicyclic) bond motifs is 1. The van der Waals surface area contributed by atoms with Crippen molar-refractivity contribution in [2.75, 3.05) is 32.1 Å². The number of rotatable bonds is 8. The lowest BCUT2D eigenvalue weighted by atomic mass is 10.1. The van der Waals surface area contributed by atoms with Crippen LogP contribution in [0.25, 0.3) is 10.2 Å². The van der Waals surface area contributed by atoms with E-state index in [-0.39, 0.29) is 23.8 Å². The van der Waals surface area contributed by atoms with E-state index >= 15 is 0 Å². The molecule has 2 aromatic carbocycles. The van der Waals surface area contributed by atoms with Gasteiger partial charge in [0.05, 0.1) is 21.8 Å². The average molecular weight is 475 g/mol. The number of ether oxygens (including phenoxy) is 1. The Bertz CT molecular complexity index is 1060. The molecule has 0 aliphatic heterocycles. The number of hydrogen-bond donors (Lipinski definition) is 3. The van der Waals surface area contributed by atoms with E-state index in [0.29, 0.717) is 39.0 Å². The third-order valence-electron chi connectivity index (χ3n) is 4.07. The summed E-state index contributed by atoms with van der Waals surface area (Å²) >= 11 is 13.2. The Morgan fingerprint density at radius 3 is 2.77 bits per heavy atom. The Hall–Kier alpha value is -2.20. The molecule has 0 saturated heterocycles. The first-order valence-corrected chi connectivity index (χ1v) is 10.5. The van der Waals surface area contributed by atoms with Crippen LogP contribution in [0.5, 0.6) is 5.75 Å². The van der Waals surface area contributed by atoms with Crippen LogP contribution < -0.4 is 20.7 Å². The topological polar surface area (TPSA) is 75.3 Å². The fourth-order valence-corrected chi connectivity index (χ4v) is 4.03. The molecule has 0 spiro atoms. The van der Waals surface area contributed by atoms with Gasteiger partial charge in [-0.05, 0) is 24.7 Å². The van der Waals surface area contributed by atoms with Gasteiger partial charge < -0.3 is 15.4 Å².